The maximum atomic E-state index is 13.6. The number of aryl methyl sites for hydroxylation is 1. The molecule has 1 unspecified atom stereocenters. The first-order valence-electron chi connectivity index (χ1n) is 8.95. The lowest BCUT2D eigenvalue weighted by Gasteiger charge is -2.20. The van der Waals surface area contributed by atoms with Crippen molar-refractivity contribution in [3.8, 4) is 0 Å². The maximum absolute atomic E-state index is 13.6. The minimum atomic E-state index is -0.624. The summed E-state index contributed by atoms with van der Waals surface area (Å²) in [5.74, 6) is -2.08. The first kappa shape index (κ1) is 19.0. The minimum Gasteiger partial charge on any atom is -0.355 e. The van der Waals surface area contributed by atoms with Crippen molar-refractivity contribution < 1.29 is 18.4 Å². The molecular formula is C21H22F2N2O2. The lowest BCUT2D eigenvalue weighted by Crippen LogP contribution is -2.34. The third-order valence-corrected chi connectivity index (χ3v) is 5.10. The van der Waals surface area contributed by atoms with Gasteiger partial charge in [-0.3, -0.25) is 9.59 Å². The van der Waals surface area contributed by atoms with E-state index in [1.54, 1.807) is 4.90 Å². The predicted octanol–water partition coefficient (Wildman–Crippen LogP) is 3.29. The molecule has 1 atom stereocenters. The molecule has 0 aromatic heterocycles. The Morgan fingerprint density at radius 2 is 1.81 bits per heavy atom. The number of rotatable bonds is 5. The lowest BCUT2D eigenvalue weighted by atomic mass is 10.1. The Morgan fingerprint density at radius 1 is 1.15 bits per heavy atom. The average molecular weight is 372 g/mol. The predicted molar refractivity (Wildman–Crippen MR) is 99.4 cm³/mol. The Kier molecular flexibility index (Phi) is 5.54. The van der Waals surface area contributed by atoms with Gasteiger partial charge in [0.15, 0.2) is 0 Å². The van der Waals surface area contributed by atoms with Crippen LogP contribution in [-0.2, 0) is 16.0 Å². The van der Waals surface area contributed by atoms with Crippen LogP contribution >= 0.6 is 0 Å². The standard InChI is InChI=1S/C21H22F2N2O2/c1-13-5-3-8-19(14(13)2)25-12-15(11-20(25)26)21(27)24-10-9-16-17(22)6-4-7-18(16)23/h3-8,15H,9-12H2,1-2H3,(H,24,27). The van der Waals surface area contributed by atoms with E-state index in [1.807, 2.05) is 32.0 Å². The van der Waals surface area contributed by atoms with Crippen LogP contribution in [0.1, 0.15) is 23.1 Å². The second kappa shape index (κ2) is 7.86. The van der Waals surface area contributed by atoms with Gasteiger partial charge in [0.2, 0.25) is 11.8 Å². The number of benzene rings is 2. The highest BCUT2D eigenvalue weighted by atomic mass is 19.1. The summed E-state index contributed by atoms with van der Waals surface area (Å²) in [5, 5.41) is 2.69. The van der Waals surface area contributed by atoms with Crippen molar-refractivity contribution in [3.63, 3.8) is 0 Å². The van der Waals surface area contributed by atoms with Gasteiger partial charge in [-0.05, 0) is 49.6 Å². The van der Waals surface area contributed by atoms with E-state index in [4.69, 9.17) is 0 Å². The van der Waals surface area contributed by atoms with Crippen molar-refractivity contribution in [1.82, 2.24) is 5.32 Å². The van der Waals surface area contributed by atoms with Crippen LogP contribution in [0.3, 0.4) is 0 Å². The van der Waals surface area contributed by atoms with E-state index in [0.717, 1.165) is 16.8 Å². The average Bonchev–Trinajstić information content (AvgIpc) is 3.01. The van der Waals surface area contributed by atoms with E-state index in [0.29, 0.717) is 6.54 Å². The molecule has 2 aromatic rings. The van der Waals surface area contributed by atoms with Crippen molar-refractivity contribution in [1.29, 1.82) is 0 Å². The van der Waals surface area contributed by atoms with Gasteiger partial charge in [0.1, 0.15) is 11.6 Å². The molecule has 1 saturated heterocycles. The summed E-state index contributed by atoms with van der Waals surface area (Å²) in [5.41, 5.74) is 2.88. The van der Waals surface area contributed by atoms with E-state index in [-0.39, 0.29) is 36.8 Å². The van der Waals surface area contributed by atoms with Crippen molar-refractivity contribution in [2.45, 2.75) is 26.7 Å². The van der Waals surface area contributed by atoms with Gasteiger partial charge in [-0.15, -0.1) is 0 Å². The summed E-state index contributed by atoms with van der Waals surface area (Å²) >= 11 is 0. The summed E-state index contributed by atoms with van der Waals surface area (Å²) in [6, 6.07) is 9.43. The molecule has 1 heterocycles. The lowest BCUT2D eigenvalue weighted by molar-refractivity contribution is -0.126. The fourth-order valence-corrected chi connectivity index (χ4v) is 3.37. The zero-order valence-electron chi connectivity index (χ0n) is 15.4. The molecule has 4 nitrogen and oxygen atoms in total. The van der Waals surface area contributed by atoms with Crippen molar-refractivity contribution in [2.24, 2.45) is 5.92 Å². The molecular weight excluding hydrogens is 350 g/mol. The molecule has 2 amide bonds. The number of anilines is 1. The maximum Gasteiger partial charge on any atom is 0.227 e. The Labute approximate surface area is 157 Å². The minimum absolute atomic E-state index is 0.0442. The fourth-order valence-electron chi connectivity index (χ4n) is 3.37. The Balaban J connectivity index is 1.60. The Bertz CT molecular complexity index is 862. The van der Waals surface area contributed by atoms with Gasteiger partial charge >= 0.3 is 0 Å². The van der Waals surface area contributed by atoms with Crippen LogP contribution in [0, 0.1) is 31.4 Å². The summed E-state index contributed by atoms with van der Waals surface area (Å²) in [6.07, 6.45) is 0.193. The van der Waals surface area contributed by atoms with Gasteiger partial charge in [0.05, 0.1) is 5.92 Å². The number of hydrogen-bond acceptors (Lipinski definition) is 2. The molecule has 27 heavy (non-hydrogen) atoms. The van der Waals surface area contributed by atoms with Gasteiger partial charge in [-0.2, -0.15) is 0 Å². The van der Waals surface area contributed by atoms with Crippen LogP contribution in [0.5, 0.6) is 0 Å². The third kappa shape index (κ3) is 3.99. The normalized spacial score (nSPS) is 16.7. The van der Waals surface area contributed by atoms with Crippen molar-refractivity contribution in [2.75, 3.05) is 18.0 Å². The Hall–Kier alpha value is -2.76. The fraction of sp³-hybridized carbons (Fsp3) is 0.333. The van der Waals surface area contributed by atoms with E-state index in [1.165, 1.54) is 18.2 Å². The van der Waals surface area contributed by atoms with Gasteiger partial charge < -0.3 is 10.2 Å². The largest absolute Gasteiger partial charge is 0.355 e. The number of carbonyl (C=O) groups excluding carboxylic acids is 2. The van der Waals surface area contributed by atoms with E-state index < -0.39 is 17.6 Å². The molecule has 0 aliphatic carbocycles. The molecule has 1 aliphatic heterocycles. The monoisotopic (exact) mass is 372 g/mol. The number of halogens is 2. The topological polar surface area (TPSA) is 49.4 Å². The molecule has 0 radical (unpaired) electrons. The summed E-state index contributed by atoms with van der Waals surface area (Å²) in [4.78, 5) is 26.4. The zero-order chi connectivity index (χ0) is 19.6. The Morgan fingerprint density at radius 3 is 2.52 bits per heavy atom. The second-order valence-electron chi connectivity index (χ2n) is 6.87. The molecule has 142 valence electrons. The number of nitrogens with zero attached hydrogens (tertiary/aromatic N) is 1. The van der Waals surface area contributed by atoms with E-state index in [2.05, 4.69) is 5.32 Å². The highest BCUT2D eigenvalue weighted by Gasteiger charge is 2.35. The van der Waals surface area contributed by atoms with Crippen LogP contribution in [0.25, 0.3) is 0 Å². The molecule has 1 fully saturated rings. The number of hydrogen-bond donors (Lipinski definition) is 1. The summed E-state index contributed by atoms with van der Waals surface area (Å²) < 4.78 is 27.3. The van der Waals surface area contributed by atoms with Crippen LogP contribution in [0.2, 0.25) is 0 Å². The van der Waals surface area contributed by atoms with Crippen LogP contribution in [0.4, 0.5) is 14.5 Å². The van der Waals surface area contributed by atoms with Crippen LogP contribution < -0.4 is 10.2 Å². The molecule has 1 aliphatic rings. The van der Waals surface area contributed by atoms with Gasteiger partial charge in [0.25, 0.3) is 0 Å². The summed E-state index contributed by atoms with van der Waals surface area (Å²) in [7, 11) is 0. The molecule has 3 rings (SSSR count). The SMILES string of the molecule is Cc1cccc(N2CC(C(=O)NCCc3c(F)cccc3F)CC2=O)c1C. The molecule has 0 spiro atoms. The zero-order valence-corrected chi connectivity index (χ0v) is 15.4. The number of carbonyl (C=O) groups is 2. The van der Waals surface area contributed by atoms with Gasteiger partial charge in [-0.25, -0.2) is 8.78 Å². The number of amides is 2. The van der Waals surface area contributed by atoms with Crippen LogP contribution in [0.15, 0.2) is 36.4 Å². The van der Waals surface area contributed by atoms with Crippen molar-refractivity contribution in [3.05, 3.63) is 64.7 Å². The second-order valence-corrected chi connectivity index (χ2v) is 6.87. The van der Waals surface area contributed by atoms with E-state index in [9.17, 15) is 18.4 Å². The summed E-state index contributed by atoms with van der Waals surface area (Å²) in [6.45, 7) is 4.35. The smallest absolute Gasteiger partial charge is 0.227 e. The highest BCUT2D eigenvalue weighted by Crippen LogP contribution is 2.29. The molecule has 0 saturated carbocycles. The van der Waals surface area contributed by atoms with Crippen molar-refractivity contribution >= 4 is 17.5 Å². The highest BCUT2D eigenvalue weighted by molar-refractivity contribution is 6.00. The van der Waals surface area contributed by atoms with Crippen LogP contribution in [-0.4, -0.2) is 24.9 Å². The first-order valence-corrected chi connectivity index (χ1v) is 8.95. The van der Waals surface area contributed by atoms with Gasteiger partial charge in [0, 0.05) is 30.8 Å². The van der Waals surface area contributed by atoms with Gasteiger partial charge in [-0.1, -0.05) is 18.2 Å². The molecule has 1 N–H and O–H groups in total. The third-order valence-electron chi connectivity index (χ3n) is 5.10. The molecule has 2 aromatic carbocycles. The molecule has 6 heteroatoms. The first-order chi connectivity index (χ1) is 12.9. The molecule has 0 bridgehead atoms. The number of nitrogens with one attached hydrogen (secondary N) is 1. The van der Waals surface area contributed by atoms with E-state index >= 15 is 0 Å². The quantitative estimate of drug-likeness (QED) is 0.876.